The van der Waals surface area contributed by atoms with Gasteiger partial charge in [0.1, 0.15) is 0 Å². The first-order valence-corrected chi connectivity index (χ1v) is 6.55. The average molecular weight is 212 g/mol. The van der Waals surface area contributed by atoms with E-state index >= 15 is 0 Å². The largest absolute Gasteiger partial charge is 0.381 e. The highest BCUT2D eigenvalue weighted by molar-refractivity contribution is 4.85. The maximum atomic E-state index is 5.48. The Hall–Kier alpha value is -0.300. The third-order valence-corrected chi connectivity index (χ3v) is 2.68. The first kappa shape index (κ1) is 14.7. The lowest BCUT2D eigenvalue weighted by atomic mass is 10.0. The van der Waals surface area contributed by atoms with Crippen molar-refractivity contribution in [1.29, 1.82) is 0 Å². The maximum Gasteiger partial charge on any atom is 0.0528 e. The molecule has 1 heteroatoms. The summed E-state index contributed by atoms with van der Waals surface area (Å²) >= 11 is 0. The van der Waals surface area contributed by atoms with Gasteiger partial charge in [-0.15, -0.1) is 0 Å². The first-order valence-electron chi connectivity index (χ1n) is 6.55. The van der Waals surface area contributed by atoms with E-state index in [1.807, 2.05) is 0 Å². The van der Waals surface area contributed by atoms with E-state index in [1.165, 1.54) is 38.5 Å². The normalized spacial score (nSPS) is 13.5. The van der Waals surface area contributed by atoms with Crippen LogP contribution in [0, 0.1) is 5.92 Å². The molecule has 1 unspecified atom stereocenters. The Bertz CT molecular complexity index is 140. The van der Waals surface area contributed by atoms with Gasteiger partial charge in [-0.2, -0.15) is 0 Å². The second kappa shape index (κ2) is 11.8. The van der Waals surface area contributed by atoms with Crippen molar-refractivity contribution in [2.45, 2.75) is 59.3 Å². The van der Waals surface area contributed by atoms with Crippen LogP contribution in [-0.4, -0.2) is 13.2 Å². The summed E-state index contributed by atoms with van der Waals surface area (Å²) in [4.78, 5) is 0. The number of hydrogen-bond donors (Lipinski definition) is 0. The number of hydrogen-bond acceptors (Lipinski definition) is 1. The van der Waals surface area contributed by atoms with Crippen molar-refractivity contribution in [1.82, 2.24) is 0 Å². The summed E-state index contributed by atoms with van der Waals surface area (Å²) in [5.41, 5.74) is 0. The van der Waals surface area contributed by atoms with E-state index in [4.69, 9.17) is 4.74 Å². The Morgan fingerprint density at radius 2 is 1.80 bits per heavy atom. The van der Waals surface area contributed by atoms with E-state index in [0.29, 0.717) is 5.92 Å². The predicted octanol–water partition coefficient (Wildman–Crippen LogP) is 4.58. The van der Waals surface area contributed by atoms with Crippen LogP contribution in [0.3, 0.4) is 0 Å². The Kier molecular flexibility index (Phi) is 11.5. The monoisotopic (exact) mass is 212 g/mol. The van der Waals surface area contributed by atoms with E-state index in [2.05, 4.69) is 32.9 Å². The summed E-state index contributed by atoms with van der Waals surface area (Å²) in [7, 11) is 0. The second-order valence-electron chi connectivity index (χ2n) is 4.15. The van der Waals surface area contributed by atoms with Crippen molar-refractivity contribution in [3.8, 4) is 0 Å². The maximum absolute atomic E-state index is 5.48. The van der Waals surface area contributed by atoms with E-state index in [1.54, 1.807) is 0 Å². The van der Waals surface area contributed by atoms with Crippen molar-refractivity contribution in [2.24, 2.45) is 5.92 Å². The van der Waals surface area contributed by atoms with Crippen molar-refractivity contribution in [3.05, 3.63) is 12.2 Å². The van der Waals surface area contributed by atoms with E-state index in [9.17, 15) is 0 Å². The minimum Gasteiger partial charge on any atom is -0.381 e. The Balaban J connectivity index is 3.48. The van der Waals surface area contributed by atoms with Crippen LogP contribution in [-0.2, 0) is 4.74 Å². The van der Waals surface area contributed by atoms with Crippen molar-refractivity contribution < 1.29 is 4.74 Å². The molecule has 0 aliphatic heterocycles. The van der Waals surface area contributed by atoms with Gasteiger partial charge < -0.3 is 4.74 Å². The van der Waals surface area contributed by atoms with Crippen LogP contribution in [0.4, 0.5) is 0 Å². The Morgan fingerprint density at radius 1 is 1.07 bits per heavy atom. The van der Waals surface area contributed by atoms with Crippen LogP contribution in [0.2, 0.25) is 0 Å². The lowest BCUT2D eigenvalue weighted by Crippen LogP contribution is -2.07. The van der Waals surface area contributed by atoms with E-state index in [0.717, 1.165) is 13.2 Å². The van der Waals surface area contributed by atoms with Crippen molar-refractivity contribution in [2.75, 3.05) is 13.2 Å². The van der Waals surface area contributed by atoms with E-state index < -0.39 is 0 Å². The SMILES string of the molecule is CC=CC(CCCCCCC)COCC. The molecular formula is C14H28O. The molecule has 1 nitrogen and oxygen atoms in total. The molecule has 0 aliphatic carbocycles. The summed E-state index contributed by atoms with van der Waals surface area (Å²) in [6.07, 6.45) is 12.6. The quantitative estimate of drug-likeness (QED) is 0.380. The molecular weight excluding hydrogens is 184 g/mol. The third-order valence-electron chi connectivity index (χ3n) is 2.68. The van der Waals surface area contributed by atoms with Gasteiger partial charge in [0.2, 0.25) is 0 Å². The molecule has 0 heterocycles. The molecule has 0 bridgehead atoms. The van der Waals surface area contributed by atoms with Crippen LogP contribution >= 0.6 is 0 Å². The van der Waals surface area contributed by atoms with Gasteiger partial charge in [0.25, 0.3) is 0 Å². The highest BCUT2D eigenvalue weighted by Gasteiger charge is 2.03. The zero-order chi connectivity index (χ0) is 11.4. The fourth-order valence-electron chi connectivity index (χ4n) is 1.79. The Labute approximate surface area is 95.9 Å². The average Bonchev–Trinajstić information content (AvgIpc) is 2.25. The van der Waals surface area contributed by atoms with Crippen LogP contribution < -0.4 is 0 Å². The number of rotatable bonds is 10. The van der Waals surface area contributed by atoms with Crippen LogP contribution in [0.1, 0.15) is 59.3 Å². The topological polar surface area (TPSA) is 9.23 Å². The lowest BCUT2D eigenvalue weighted by molar-refractivity contribution is 0.121. The molecule has 0 radical (unpaired) electrons. The van der Waals surface area contributed by atoms with Gasteiger partial charge in [-0.3, -0.25) is 0 Å². The molecule has 1 atom stereocenters. The highest BCUT2D eigenvalue weighted by atomic mass is 16.5. The van der Waals surface area contributed by atoms with Crippen molar-refractivity contribution >= 4 is 0 Å². The molecule has 0 rings (SSSR count). The van der Waals surface area contributed by atoms with Gasteiger partial charge in [0.15, 0.2) is 0 Å². The first-order chi connectivity index (χ1) is 7.35. The lowest BCUT2D eigenvalue weighted by Gasteiger charge is -2.12. The molecule has 15 heavy (non-hydrogen) atoms. The van der Waals surface area contributed by atoms with Gasteiger partial charge in [0, 0.05) is 12.5 Å². The molecule has 0 aromatic carbocycles. The summed E-state index contributed by atoms with van der Waals surface area (Å²) in [6, 6.07) is 0. The molecule has 0 saturated heterocycles. The standard InChI is InChI=1S/C14H28O/c1-4-7-8-9-10-12-14(11-5-2)13-15-6-3/h5,11,14H,4,6-10,12-13H2,1-3H3. The van der Waals surface area contributed by atoms with Gasteiger partial charge in [-0.25, -0.2) is 0 Å². The molecule has 0 aromatic rings. The fourth-order valence-corrected chi connectivity index (χ4v) is 1.79. The minimum absolute atomic E-state index is 0.636. The van der Waals surface area contributed by atoms with Crippen LogP contribution in [0.15, 0.2) is 12.2 Å². The van der Waals surface area contributed by atoms with E-state index in [-0.39, 0.29) is 0 Å². The molecule has 0 amide bonds. The summed E-state index contributed by atoms with van der Waals surface area (Å²) in [6.45, 7) is 8.15. The minimum atomic E-state index is 0.636. The highest BCUT2D eigenvalue weighted by Crippen LogP contribution is 2.13. The molecule has 0 aliphatic rings. The van der Waals surface area contributed by atoms with Crippen LogP contribution in [0.25, 0.3) is 0 Å². The number of unbranched alkanes of at least 4 members (excludes halogenated alkanes) is 4. The molecule has 90 valence electrons. The van der Waals surface area contributed by atoms with Gasteiger partial charge >= 0.3 is 0 Å². The zero-order valence-electron chi connectivity index (χ0n) is 10.8. The van der Waals surface area contributed by atoms with Crippen LogP contribution in [0.5, 0.6) is 0 Å². The summed E-state index contributed by atoms with van der Waals surface area (Å²) in [5.74, 6) is 0.636. The second-order valence-corrected chi connectivity index (χ2v) is 4.15. The smallest absolute Gasteiger partial charge is 0.0528 e. The van der Waals surface area contributed by atoms with Gasteiger partial charge in [0.05, 0.1) is 6.61 Å². The number of allylic oxidation sites excluding steroid dienone is 1. The molecule has 0 spiro atoms. The van der Waals surface area contributed by atoms with Crippen molar-refractivity contribution in [3.63, 3.8) is 0 Å². The predicted molar refractivity (Wildman–Crippen MR) is 68.2 cm³/mol. The molecule has 0 fully saturated rings. The fraction of sp³-hybridized carbons (Fsp3) is 0.857. The zero-order valence-corrected chi connectivity index (χ0v) is 10.8. The summed E-state index contributed by atoms with van der Waals surface area (Å²) < 4.78 is 5.48. The third kappa shape index (κ3) is 9.99. The van der Waals surface area contributed by atoms with Gasteiger partial charge in [-0.1, -0.05) is 51.2 Å². The Morgan fingerprint density at radius 3 is 2.40 bits per heavy atom. The molecule has 0 N–H and O–H groups in total. The molecule has 0 aromatic heterocycles. The molecule has 0 saturated carbocycles. The van der Waals surface area contributed by atoms with Gasteiger partial charge in [-0.05, 0) is 20.3 Å². The summed E-state index contributed by atoms with van der Waals surface area (Å²) in [5, 5.41) is 0. The number of ether oxygens (including phenoxy) is 1.